The van der Waals surface area contributed by atoms with Gasteiger partial charge in [-0.15, -0.1) is 10.2 Å². The second-order valence-corrected chi connectivity index (χ2v) is 7.95. The van der Waals surface area contributed by atoms with E-state index in [1.807, 2.05) is 34.3 Å². The second-order valence-electron chi connectivity index (χ2n) is 7.95. The predicted octanol–water partition coefficient (Wildman–Crippen LogP) is 3.73. The molecule has 0 aliphatic carbocycles. The first kappa shape index (κ1) is 18.6. The Balaban J connectivity index is 1.51. The number of hydrogen-bond acceptors (Lipinski definition) is 6. The summed E-state index contributed by atoms with van der Waals surface area (Å²) in [6.45, 7) is 9.79. The number of fused-ring (bicyclic) bond motifs is 2. The van der Waals surface area contributed by atoms with Crippen molar-refractivity contribution in [3.63, 3.8) is 0 Å². The normalized spacial score (nSPS) is 13.1. The molecule has 8 nitrogen and oxygen atoms in total. The van der Waals surface area contributed by atoms with E-state index in [0.29, 0.717) is 12.5 Å². The van der Waals surface area contributed by atoms with Crippen molar-refractivity contribution in [2.45, 2.75) is 46.7 Å². The number of nitrogens with one attached hydrogen (secondary N) is 1. The third-order valence-corrected chi connectivity index (χ3v) is 5.69. The van der Waals surface area contributed by atoms with Gasteiger partial charge in [-0.25, -0.2) is 4.98 Å². The van der Waals surface area contributed by atoms with Crippen LogP contribution in [-0.2, 0) is 13.0 Å². The molecule has 3 aromatic heterocycles. The fraction of sp³-hybridized carbons (Fsp3) is 0.364. The fourth-order valence-electron chi connectivity index (χ4n) is 4.31. The van der Waals surface area contributed by atoms with Crippen LogP contribution in [0.5, 0.6) is 5.75 Å². The molecule has 0 amide bonds. The minimum absolute atomic E-state index is 0.289. The van der Waals surface area contributed by atoms with Gasteiger partial charge in [0.15, 0.2) is 5.65 Å². The van der Waals surface area contributed by atoms with Gasteiger partial charge in [-0.05, 0) is 39.3 Å². The molecule has 0 radical (unpaired) electrons. The van der Waals surface area contributed by atoms with Gasteiger partial charge in [0.05, 0.1) is 12.3 Å². The third kappa shape index (κ3) is 2.91. The van der Waals surface area contributed by atoms with Crippen LogP contribution in [-0.4, -0.2) is 36.0 Å². The molecule has 0 fully saturated rings. The molecule has 0 unspecified atom stereocenters. The lowest BCUT2D eigenvalue weighted by Crippen LogP contribution is -2.08. The summed E-state index contributed by atoms with van der Waals surface area (Å²) in [6, 6.07) is 6.48. The van der Waals surface area contributed by atoms with E-state index in [-0.39, 0.29) is 6.04 Å². The van der Waals surface area contributed by atoms with Crippen molar-refractivity contribution in [3.05, 3.63) is 53.2 Å². The molecule has 5 rings (SSSR count). The molecule has 0 atom stereocenters. The Labute approximate surface area is 174 Å². The van der Waals surface area contributed by atoms with Gasteiger partial charge >= 0.3 is 0 Å². The fourth-order valence-corrected chi connectivity index (χ4v) is 4.31. The molecule has 4 aromatic rings. The first-order chi connectivity index (χ1) is 14.5. The Bertz CT molecular complexity index is 1240. The smallest absolute Gasteiger partial charge is 0.210 e. The highest BCUT2D eigenvalue weighted by Gasteiger charge is 2.20. The van der Waals surface area contributed by atoms with E-state index in [0.717, 1.165) is 46.9 Å². The van der Waals surface area contributed by atoms with Crippen molar-refractivity contribution in [2.75, 3.05) is 11.9 Å². The largest absolute Gasteiger partial charge is 0.493 e. The van der Waals surface area contributed by atoms with Crippen LogP contribution >= 0.6 is 0 Å². The number of anilines is 1. The summed E-state index contributed by atoms with van der Waals surface area (Å²) >= 11 is 0. The van der Waals surface area contributed by atoms with Gasteiger partial charge < -0.3 is 10.1 Å². The third-order valence-electron chi connectivity index (χ3n) is 5.69. The summed E-state index contributed by atoms with van der Waals surface area (Å²) in [7, 11) is 0. The summed E-state index contributed by atoms with van der Waals surface area (Å²) < 4.78 is 9.63. The Hall–Kier alpha value is -3.42. The summed E-state index contributed by atoms with van der Waals surface area (Å²) in [5.41, 5.74) is 7.34. The molecular formula is C22H25N7O. The average Bonchev–Trinajstić information content (AvgIpc) is 3.45. The van der Waals surface area contributed by atoms with E-state index in [2.05, 4.69) is 42.4 Å². The second kappa shape index (κ2) is 7.12. The Morgan fingerprint density at radius 2 is 2.10 bits per heavy atom. The SMILES string of the molecule is Cc1nn(C(C)C)c(C)c1-c1cnc(NCc2cccc3c2CCO3)n2cnnc12. The summed E-state index contributed by atoms with van der Waals surface area (Å²) in [5.74, 6) is 1.70. The van der Waals surface area contributed by atoms with E-state index >= 15 is 0 Å². The number of ether oxygens (including phenoxy) is 1. The first-order valence-electron chi connectivity index (χ1n) is 10.3. The molecule has 1 aliphatic rings. The maximum absolute atomic E-state index is 5.68. The first-order valence-corrected chi connectivity index (χ1v) is 10.3. The highest BCUT2D eigenvalue weighted by atomic mass is 16.5. The van der Waals surface area contributed by atoms with Crippen LogP contribution in [0.1, 0.15) is 42.4 Å². The molecule has 30 heavy (non-hydrogen) atoms. The molecular weight excluding hydrogens is 378 g/mol. The monoisotopic (exact) mass is 403 g/mol. The minimum atomic E-state index is 0.289. The molecule has 4 heterocycles. The standard InChI is InChI=1S/C22H25N7O/c1-13(2)29-15(4)20(14(3)27-29)18-11-24-22(28-12-25-26-21(18)28)23-10-16-6-5-7-19-17(16)8-9-30-19/h5-7,11-13H,8-10H2,1-4H3,(H,23,24). The van der Waals surface area contributed by atoms with E-state index in [4.69, 9.17) is 14.8 Å². The van der Waals surface area contributed by atoms with Gasteiger partial charge in [0.1, 0.15) is 12.1 Å². The summed E-state index contributed by atoms with van der Waals surface area (Å²) in [4.78, 5) is 4.70. The van der Waals surface area contributed by atoms with Crippen molar-refractivity contribution < 1.29 is 4.74 Å². The Morgan fingerprint density at radius 3 is 2.90 bits per heavy atom. The van der Waals surface area contributed by atoms with E-state index < -0.39 is 0 Å². The number of hydrogen-bond donors (Lipinski definition) is 1. The lowest BCUT2D eigenvalue weighted by Gasteiger charge is -2.12. The van der Waals surface area contributed by atoms with Gasteiger partial charge in [-0.1, -0.05) is 12.1 Å². The lowest BCUT2D eigenvalue weighted by molar-refractivity contribution is 0.357. The van der Waals surface area contributed by atoms with Crippen LogP contribution in [0.2, 0.25) is 0 Å². The highest BCUT2D eigenvalue weighted by Crippen LogP contribution is 2.32. The number of aromatic nitrogens is 6. The molecule has 1 aromatic carbocycles. The van der Waals surface area contributed by atoms with Gasteiger partial charge in [0.2, 0.25) is 5.95 Å². The number of benzene rings is 1. The topological polar surface area (TPSA) is 82.2 Å². The lowest BCUT2D eigenvalue weighted by atomic mass is 10.1. The number of nitrogens with zero attached hydrogens (tertiary/aromatic N) is 6. The zero-order valence-corrected chi connectivity index (χ0v) is 17.7. The molecule has 1 N–H and O–H groups in total. The zero-order chi connectivity index (χ0) is 20.8. The van der Waals surface area contributed by atoms with Crippen molar-refractivity contribution in [3.8, 4) is 16.9 Å². The van der Waals surface area contributed by atoms with Crippen LogP contribution in [0.3, 0.4) is 0 Å². The van der Waals surface area contributed by atoms with E-state index in [1.165, 1.54) is 11.1 Å². The highest BCUT2D eigenvalue weighted by molar-refractivity contribution is 5.80. The maximum Gasteiger partial charge on any atom is 0.210 e. The van der Waals surface area contributed by atoms with E-state index in [1.54, 1.807) is 6.33 Å². The zero-order valence-electron chi connectivity index (χ0n) is 17.7. The molecule has 8 heteroatoms. The summed E-state index contributed by atoms with van der Waals surface area (Å²) in [6.07, 6.45) is 4.51. The van der Waals surface area contributed by atoms with Crippen molar-refractivity contribution in [1.82, 2.24) is 29.4 Å². The quantitative estimate of drug-likeness (QED) is 0.547. The van der Waals surface area contributed by atoms with Gasteiger partial charge in [0.25, 0.3) is 0 Å². The van der Waals surface area contributed by atoms with Crippen molar-refractivity contribution in [2.24, 2.45) is 0 Å². The number of rotatable bonds is 5. The molecule has 0 spiro atoms. The van der Waals surface area contributed by atoms with Gasteiger partial charge in [0, 0.05) is 47.6 Å². The van der Waals surface area contributed by atoms with Gasteiger partial charge in [-0.2, -0.15) is 5.10 Å². The van der Waals surface area contributed by atoms with Crippen LogP contribution in [0.4, 0.5) is 5.95 Å². The average molecular weight is 403 g/mol. The van der Waals surface area contributed by atoms with Gasteiger partial charge in [-0.3, -0.25) is 9.08 Å². The molecule has 1 aliphatic heterocycles. The summed E-state index contributed by atoms with van der Waals surface area (Å²) in [5, 5.41) is 16.7. The molecule has 0 saturated carbocycles. The molecule has 154 valence electrons. The molecule has 0 bridgehead atoms. The maximum atomic E-state index is 5.68. The van der Waals surface area contributed by atoms with E-state index in [9.17, 15) is 0 Å². The van der Waals surface area contributed by atoms with Crippen LogP contribution in [0.25, 0.3) is 16.8 Å². The predicted molar refractivity (Wildman–Crippen MR) is 115 cm³/mol. The van der Waals surface area contributed by atoms with Crippen LogP contribution in [0.15, 0.2) is 30.7 Å². The van der Waals surface area contributed by atoms with Crippen LogP contribution in [0, 0.1) is 13.8 Å². The van der Waals surface area contributed by atoms with Crippen molar-refractivity contribution >= 4 is 11.6 Å². The Morgan fingerprint density at radius 1 is 1.23 bits per heavy atom. The van der Waals surface area contributed by atoms with Crippen molar-refractivity contribution in [1.29, 1.82) is 0 Å². The van der Waals surface area contributed by atoms with Crippen LogP contribution < -0.4 is 10.1 Å². The minimum Gasteiger partial charge on any atom is -0.493 e. The molecule has 0 saturated heterocycles. The Kier molecular flexibility index (Phi) is 4.42. The number of aryl methyl sites for hydroxylation is 1.